The molecule has 1 aliphatic heterocycles. The van der Waals surface area contributed by atoms with Crippen molar-refractivity contribution in [2.75, 3.05) is 26.2 Å². The van der Waals surface area contributed by atoms with Gasteiger partial charge in [0.25, 0.3) is 11.5 Å². The molecule has 2 fully saturated rings. The Morgan fingerprint density at radius 1 is 1.29 bits per heavy atom. The van der Waals surface area contributed by atoms with Crippen molar-refractivity contribution in [1.82, 2.24) is 20.2 Å². The summed E-state index contributed by atoms with van der Waals surface area (Å²) in [5.41, 5.74) is -1.30. The van der Waals surface area contributed by atoms with Crippen LogP contribution in [0.25, 0.3) is 0 Å². The Kier molecular flexibility index (Phi) is 5.47. The Bertz CT molecular complexity index is 649. The normalized spacial score (nSPS) is 22.6. The third kappa shape index (κ3) is 4.33. The molecule has 1 aromatic heterocycles. The van der Waals surface area contributed by atoms with E-state index in [0.717, 1.165) is 25.8 Å². The highest BCUT2D eigenvalue weighted by Gasteiger charge is 2.28. The number of nitrogens with one attached hydrogen (secondary N) is 3. The Hall–Kier alpha value is -1.93. The number of rotatable bonds is 5. The van der Waals surface area contributed by atoms with Crippen LogP contribution < -0.4 is 16.6 Å². The van der Waals surface area contributed by atoms with Gasteiger partial charge in [0.05, 0.1) is 12.7 Å². The highest BCUT2D eigenvalue weighted by atomic mass is 16.5. The Morgan fingerprint density at radius 2 is 2.08 bits per heavy atom. The van der Waals surface area contributed by atoms with Crippen LogP contribution in [0.1, 0.15) is 42.6 Å². The number of morpholine rings is 1. The molecular weight excluding hydrogens is 312 g/mol. The average molecular weight is 336 g/mol. The summed E-state index contributed by atoms with van der Waals surface area (Å²) in [4.78, 5) is 41.2. The zero-order valence-electron chi connectivity index (χ0n) is 13.7. The molecule has 0 bridgehead atoms. The molecule has 2 aliphatic rings. The average Bonchev–Trinajstić information content (AvgIpc) is 3.08. The Balaban J connectivity index is 1.46. The summed E-state index contributed by atoms with van der Waals surface area (Å²) in [5, 5.41) is 2.72. The van der Waals surface area contributed by atoms with Crippen LogP contribution in [0.5, 0.6) is 0 Å². The molecule has 1 amide bonds. The van der Waals surface area contributed by atoms with Crippen LogP contribution in [0.2, 0.25) is 0 Å². The van der Waals surface area contributed by atoms with Gasteiger partial charge in [-0.25, -0.2) is 4.79 Å². The maximum absolute atomic E-state index is 12.0. The molecule has 8 nitrogen and oxygen atoms in total. The fourth-order valence-corrected chi connectivity index (χ4v) is 3.55. The van der Waals surface area contributed by atoms with E-state index in [9.17, 15) is 14.4 Å². The van der Waals surface area contributed by atoms with Gasteiger partial charge < -0.3 is 15.0 Å². The summed E-state index contributed by atoms with van der Waals surface area (Å²) < 4.78 is 5.79. The van der Waals surface area contributed by atoms with Crippen LogP contribution in [0.3, 0.4) is 0 Å². The van der Waals surface area contributed by atoms with Crippen molar-refractivity contribution in [2.24, 2.45) is 0 Å². The quantitative estimate of drug-likeness (QED) is 0.692. The maximum atomic E-state index is 12.0. The maximum Gasteiger partial charge on any atom is 0.326 e. The molecule has 1 unspecified atom stereocenters. The minimum Gasteiger partial charge on any atom is -0.375 e. The molecule has 0 spiro atoms. The SMILES string of the molecule is O=C(NCCC1CN(C2CCCC2)CCO1)c1cc(=O)[nH]c(=O)[nH]1. The summed E-state index contributed by atoms with van der Waals surface area (Å²) in [6.07, 6.45) is 6.01. The smallest absolute Gasteiger partial charge is 0.326 e. The second-order valence-electron chi connectivity index (χ2n) is 6.47. The van der Waals surface area contributed by atoms with E-state index < -0.39 is 17.2 Å². The number of aromatic amines is 2. The van der Waals surface area contributed by atoms with Crippen molar-refractivity contribution in [1.29, 1.82) is 0 Å². The molecule has 24 heavy (non-hydrogen) atoms. The standard InChI is InChI=1S/C16H24N4O4/c21-14-9-13(18-16(23)19-14)15(22)17-6-5-12-10-20(7-8-24-12)11-3-1-2-4-11/h9,11-12H,1-8,10H2,(H,17,22)(H2,18,19,21,23). The van der Waals surface area contributed by atoms with E-state index in [0.29, 0.717) is 19.0 Å². The molecule has 3 rings (SSSR count). The van der Waals surface area contributed by atoms with E-state index in [-0.39, 0.29) is 11.8 Å². The number of H-pyrrole nitrogens is 2. The lowest BCUT2D eigenvalue weighted by Crippen LogP contribution is -2.47. The van der Waals surface area contributed by atoms with Gasteiger partial charge in [-0.05, 0) is 19.3 Å². The zero-order chi connectivity index (χ0) is 16.9. The van der Waals surface area contributed by atoms with Crippen LogP contribution >= 0.6 is 0 Å². The number of aromatic nitrogens is 2. The Morgan fingerprint density at radius 3 is 2.83 bits per heavy atom. The summed E-state index contributed by atoms with van der Waals surface area (Å²) in [7, 11) is 0. The molecule has 2 heterocycles. The summed E-state index contributed by atoms with van der Waals surface area (Å²) in [6.45, 7) is 3.07. The van der Waals surface area contributed by atoms with Crippen LogP contribution in [-0.2, 0) is 4.74 Å². The highest BCUT2D eigenvalue weighted by Crippen LogP contribution is 2.25. The summed E-state index contributed by atoms with van der Waals surface area (Å²) >= 11 is 0. The van der Waals surface area contributed by atoms with Gasteiger partial charge in [0, 0.05) is 31.7 Å². The molecular formula is C16H24N4O4. The predicted molar refractivity (Wildman–Crippen MR) is 88.2 cm³/mol. The second-order valence-corrected chi connectivity index (χ2v) is 6.47. The van der Waals surface area contributed by atoms with Crippen molar-refractivity contribution in [3.63, 3.8) is 0 Å². The fourth-order valence-electron chi connectivity index (χ4n) is 3.55. The predicted octanol–water partition coefficient (Wildman–Crippen LogP) is -0.173. The first-order valence-electron chi connectivity index (χ1n) is 8.59. The topological polar surface area (TPSA) is 107 Å². The molecule has 1 saturated heterocycles. The first-order valence-corrected chi connectivity index (χ1v) is 8.59. The zero-order valence-corrected chi connectivity index (χ0v) is 13.7. The van der Waals surface area contributed by atoms with E-state index in [1.165, 1.54) is 25.7 Å². The van der Waals surface area contributed by atoms with Crippen molar-refractivity contribution in [3.05, 3.63) is 32.6 Å². The van der Waals surface area contributed by atoms with Crippen molar-refractivity contribution in [2.45, 2.75) is 44.2 Å². The molecule has 132 valence electrons. The van der Waals surface area contributed by atoms with Gasteiger partial charge in [-0.2, -0.15) is 0 Å². The molecule has 0 aromatic carbocycles. The van der Waals surface area contributed by atoms with Gasteiger partial charge in [0.1, 0.15) is 5.69 Å². The minimum absolute atomic E-state index is 0.0269. The monoisotopic (exact) mass is 336 g/mol. The number of hydrogen-bond acceptors (Lipinski definition) is 5. The van der Waals surface area contributed by atoms with Gasteiger partial charge in [-0.3, -0.25) is 19.5 Å². The number of ether oxygens (including phenoxy) is 1. The third-order valence-electron chi connectivity index (χ3n) is 4.77. The van der Waals surface area contributed by atoms with E-state index in [1.807, 2.05) is 4.98 Å². The number of nitrogens with zero attached hydrogens (tertiary/aromatic N) is 1. The fraction of sp³-hybridized carbons (Fsp3) is 0.688. The Labute approximate surface area is 139 Å². The highest BCUT2D eigenvalue weighted by molar-refractivity contribution is 5.91. The number of carbonyl (C=O) groups is 1. The molecule has 8 heteroatoms. The van der Waals surface area contributed by atoms with Gasteiger partial charge >= 0.3 is 5.69 Å². The molecule has 1 atom stereocenters. The van der Waals surface area contributed by atoms with Crippen LogP contribution in [0.15, 0.2) is 15.7 Å². The van der Waals surface area contributed by atoms with E-state index >= 15 is 0 Å². The number of amides is 1. The molecule has 1 saturated carbocycles. The summed E-state index contributed by atoms with van der Waals surface area (Å²) in [5.74, 6) is -0.457. The largest absolute Gasteiger partial charge is 0.375 e. The van der Waals surface area contributed by atoms with Gasteiger partial charge in [0.2, 0.25) is 0 Å². The minimum atomic E-state index is -0.685. The lowest BCUT2D eigenvalue weighted by atomic mass is 10.1. The number of hydrogen-bond donors (Lipinski definition) is 3. The summed E-state index contributed by atoms with van der Waals surface area (Å²) in [6, 6.07) is 1.77. The molecule has 3 N–H and O–H groups in total. The first-order chi connectivity index (χ1) is 11.6. The second kappa shape index (κ2) is 7.76. The van der Waals surface area contributed by atoms with Gasteiger partial charge in [-0.1, -0.05) is 12.8 Å². The van der Waals surface area contributed by atoms with Gasteiger partial charge in [0.15, 0.2) is 0 Å². The van der Waals surface area contributed by atoms with Gasteiger partial charge in [-0.15, -0.1) is 0 Å². The van der Waals surface area contributed by atoms with Crippen molar-refractivity contribution < 1.29 is 9.53 Å². The first kappa shape index (κ1) is 16.9. The third-order valence-corrected chi connectivity index (χ3v) is 4.77. The lowest BCUT2D eigenvalue weighted by Gasteiger charge is -2.36. The van der Waals surface area contributed by atoms with Crippen molar-refractivity contribution in [3.8, 4) is 0 Å². The van der Waals surface area contributed by atoms with Crippen LogP contribution in [0.4, 0.5) is 0 Å². The lowest BCUT2D eigenvalue weighted by molar-refractivity contribution is -0.0449. The molecule has 1 aromatic rings. The molecule has 0 radical (unpaired) electrons. The van der Waals surface area contributed by atoms with Crippen LogP contribution in [0, 0.1) is 0 Å². The van der Waals surface area contributed by atoms with E-state index in [4.69, 9.17) is 4.74 Å². The van der Waals surface area contributed by atoms with E-state index in [2.05, 4.69) is 15.2 Å². The van der Waals surface area contributed by atoms with E-state index in [1.54, 1.807) is 0 Å². The van der Waals surface area contributed by atoms with Crippen LogP contribution in [-0.4, -0.2) is 59.2 Å². The number of carbonyl (C=O) groups excluding carboxylic acids is 1. The molecule has 1 aliphatic carbocycles. The van der Waals surface area contributed by atoms with Crippen molar-refractivity contribution >= 4 is 5.91 Å².